The Hall–Kier alpha value is -2.96. The Morgan fingerprint density at radius 3 is 2.56 bits per heavy atom. The molecule has 0 radical (unpaired) electrons. The minimum absolute atomic E-state index is 0.255. The molecule has 0 amide bonds. The van der Waals surface area contributed by atoms with Crippen molar-refractivity contribution in [2.24, 2.45) is 0 Å². The largest absolute Gasteiger partial charge is 0.487 e. The van der Waals surface area contributed by atoms with Crippen LogP contribution in [0.3, 0.4) is 0 Å². The Morgan fingerprint density at radius 1 is 1.06 bits per heavy atom. The molecule has 32 heavy (non-hydrogen) atoms. The first-order valence-electron chi connectivity index (χ1n) is 11.2. The van der Waals surface area contributed by atoms with Crippen LogP contribution in [0.4, 0.5) is 5.82 Å². The van der Waals surface area contributed by atoms with Crippen molar-refractivity contribution in [3.05, 3.63) is 82.8 Å². The Bertz CT molecular complexity index is 985. The number of nitrogens with one attached hydrogen (secondary N) is 1. The number of aryl methyl sites for hydroxylation is 2. The van der Waals surface area contributed by atoms with Crippen LogP contribution in [0.5, 0.6) is 5.75 Å². The lowest BCUT2D eigenvalue weighted by atomic mass is 10.1. The molecule has 6 nitrogen and oxygen atoms in total. The number of hydrogen-bond acceptors (Lipinski definition) is 6. The third-order valence-electron chi connectivity index (χ3n) is 5.64. The van der Waals surface area contributed by atoms with E-state index in [2.05, 4.69) is 65.2 Å². The molecule has 1 unspecified atom stereocenters. The minimum Gasteiger partial charge on any atom is -0.487 e. The molecule has 4 rings (SSSR count). The van der Waals surface area contributed by atoms with Gasteiger partial charge < -0.3 is 19.7 Å². The van der Waals surface area contributed by atoms with Crippen molar-refractivity contribution in [2.75, 3.05) is 24.6 Å². The summed E-state index contributed by atoms with van der Waals surface area (Å²) >= 11 is 0. The molecule has 3 aromatic rings. The fraction of sp³-hybridized carbons (Fsp3) is 0.385. The molecule has 1 aliphatic heterocycles. The zero-order chi connectivity index (χ0) is 22.3. The molecular weight excluding hydrogens is 400 g/mol. The summed E-state index contributed by atoms with van der Waals surface area (Å²) in [6.07, 6.45) is 4.01. The molecule has 0 bridgehead atoms. The Kier molecular flexibility index (Phi) is 7.35. The lowest BCUT2D eigenvalue weighted by molar-refractivity contribution is 0.0529. The predicted molar refractivity (Wildman–Crippen MR) is 127 cm³/mol. The predicted octanol–water partition coefficient (Wildman–Crippen LogP) is 4.19. The van der Waals surface area contributed by atoms with Gasteiger partial charge in [0.15, 0.2) is 0 Å². The molecule has 1 atom stereocenters. The summed E-state index contributed by atoms with van der Waals surface area (Å²) in [5.74, 6) is 1.97. The topological polar surface area (TPSA) is 59.5 Å². The average molecular weight is 433 g/mol. The van der Waals surface area contributed by atoms with Crippen LogP contribution in [0, 0.1) is 13.8 Å². The van der Waals surface area contributed by atoms with Crippen LogP contribution in [0.15, 0.2) is 54.9 Å². The molecule has 1 fully saturated rings. The fourth-order valence-electron chi connectivity index (χ4n) is 4.09. The Balaban J connectivity index is 1.29. The smallest absolute Gasteiger partial charge is 0.130 e. The van der Waals surface area contributed by atoms with E-state index < -0.39 is 0 Å². The van der Waals surface area contributed by atoms with Crippen molar-refractivity contribution in [1.82, 2.24) is 15.3 Å². The molecule has 0 saturated carbocycles. The number of morpholine rings is 1. The molecule has 2 aromatic heterocycles. The van der Waals surface area contributed by atoms with E-state index in [0.717, 1.165) is 61.2 Å². The molecule has 1 aliphatic rings. The Morgan fingerprint density at radius 2 is 1.88 bits per heavy atom. The summed E-state index contributed by atoms with van der Waals surface area (Å²) in [7, 11) is 0. The van der Waals surface area contributed by atoms with Crippen LogP contribution >= 0.6 is 0 Å². The first-order valence-corrected chi connectivity index (χ1v) is 11.2. The van der Waals surface area contributed by atoms with Crippen LogP contribution in [-0.2, 0) is 24.4 Å². The van der Waals surface area contributed by atoms with Crippen molar-refractivity contribution in [1.29, 1.82) is 0 Å². The van der Waals surface area contributed by atoms with Gasteiger partial charge in [-0.15, -0.1) is 0 Å². The van der Waals surface area contributed by atoms with Crippen molar-refractivity contribution in [3.63, 3.8) is 0 Å². The summed E-state index contributed by atoms with van der Waals surface area (Å²) in [4.78, 5) is 11.3. The van der Waals surface area contributed by atoms with E-state index in [1.54, 1.807) is 6.20 Å². The summed E-state index contributed by atoms with van der Waals surface area (Å²) < 4.78 is 11.7. The quantitative estimate of drug-likeness (QED) is 0.576. The molecule has 1 saturated heterocycles. The third-order valence-corrected chi connectivity index (χ3v) is 5.64. The number of rotatable bonds is 8. The second-order valence-electron chi connectivity index (χ2n) is 8.42. The number of aromatic nitrogens is 2. The van der Waals surface area contributed by atoms with Crippen LogP contribution in [0.2, 0.25) is 0 Å². The van der Waals surface area contributed by atoms with Gasteiger partial charge in [0.1, 0.15) is 18.2 Å². The maximum atomic E-state index is 6.05. The number of pyridine rings is 2. The van der Waals surface area contributed by atoms with Crippen LogP contribution in [0.25, 0.3) is 0 Å². The number of ether oxygens (including phenoxy) is 2. The molecule has 0 aliphatic carbocycles. The highest BCUT2D eigenvalue weighted by atomic mass is 16.5. The van der Waals surface area contributed by atoms with Crippen molar-refractivity contribution >= 4 is 5.82 Å². The number of hydrogen-bond donors (Lipinski definition) is 1. The van der Waals surface area contributed by atoms with Gasteiger partial charge in [0.25, 0.3) is 0 Å². The third kappa shape index (κ3) is 5.84. The van der Waals surface area contributed by atoms with Gasteiger partial charge in [-0.2, -0.15) is 0 Å². The van der Waals surface area contributed by atoms with Crippen molar-refractivity contribution < 1.29 is 9.47 Å². The standard InChI is InChI=1S/C26H32N4O2/c1-19-12-23(13-20(2)26(19)32-18-24-6-4-5-9-28-24)15-27-14-22-7-8-25(29-16-22)30-10-11-31-21(3)17-30/h4-9,12-13,16,21,27H,10-11,14-15,17-18H2,1-3H3. The second-order valence-corrected chi connectivity index (χ2v) is 8.42. The van der Waals surface area contributed by atoms with Gasteiger partial charge in [-0.1, -0.05) is 24.3 Å². The summed E-state index contributed by atoms with van der Waals surface area (Å²) in [6.45, 7) is 10.9. The SMILES string of the molecule is Cc1cc(CNCc2ccc(N3CCOC(C)C3)nc2)cc(C)c1OCc1ccccn1. The highest BCUT2D eigenvalue weighted by Crippen LogP contribution is 2.26. The second kappa shape index (κ2) is 10.6. The van der Waals surface area contributed by atoms with E-state index in [9.17, 15) is 0 Å². The van der Waals surface area contributed by atoms with Gasteiger partial charge in [0.2, 0.25) is 0 Å². The van der Waals surface area contributed by atoms with Crippen molar-refractivity contribution in [3.8, 4) is 5.75 Å². The fourth-order valence-corrected chi connectivity index (χ4v) is 4.09. The maximum absolute atomic E-state index is 6.05. The molecule has 3 heterocycles. The zero-order valence-corrected chi connectivity index (χ0v) is 19.2. The van der Waals surface area contributed by atoms with Crippen molar-refractivity contribution in [2.45, 2.75) is 46.6 Å². The van der Waals surface area contributed by atoms with E-state index in [1.807, 2.05) is 24.4 Å². The maximum Gasteiger partial charge on any atom is 0.130 e. The lowest BCUT2D eigenvalue weighted by Crippen LogP contribution is -2.41. The first kappa shape index (κ1) is 22.2. The van der Waals surface area contributed by atoms with E-state index in [0.29, 0.717) is 6.61 Å². The molecule has 0 spiro atoms. The lowest BCUT2D eigenvalue weighted by Gasteiger charge is -2.32. The first-order chi connectivity index (χ1) is 15.6. The normalized spacial score (nSPS) is 16.2. The highest BCUT2D eigenvalue weighted by Gasteiger charge is 2.17. The van der Waals surface area contributed by atoms with E-state index in [1.165, 1.54) is 11.1 Å². The summed E-state index contributed by atoms with van der Waals surface area (Å²) in [5.41, 5.74) is 5.64. The van der Waals surface area contributed by atoms with Gasteiger partial charge in [-0.3, -0.25) is 4.98 Å². The van der Waals surface area contributed by atoms with E-state index in [4.69, 9.17) is 9.47 Å². The number of benzene rings is 1. The summed E-state index contributed by atoms with van der Waals surface area (Å²) in [6, 6.07) is 14.5. The van der Waals surface area contributed by atoms with Gasteiger partial charge >= 0.3 is 0 Å². The highest BCUT2D eigenvalue weighted by molar-refractivity contribution is 5.43. The number of anilines is 1. The average Bonchev–Trinajstić information content (AvgIpc) is 2.80. The van der Waals surface area contributed by atoms with Gasteiger partial charge in [0.05, 0.1) is 18.4 Å². The molecule has 6 heteroatoms. The van der Waals surface area contributed by atoms with Crippen LogP contribution < -0.4 is 15.0 Å². The van der Waals surface area contributed by atoms with Gasteiger partial charge in [-0.05, 0) is 61.2 Å². The molecular formula is C26H32N4O2. The van der Waals surface area contributed by atoms with Gasteiger partial charge in [-0.25, -0.2) is 4.98 Å². The zero-order valence-electron chi connectivity index (χ0n) is 19.2. The monoisotopic (exact) mass is 432 g/mol. The van der Waals surface area contributed by atoms with E-state index >= 15 is 0 Å². The molecule has 168 valence electrons. The van der Waals surface area contributed by atoms with Crippen LogP contribution in [0.1, 0.15) is 34.9 Å². The molecule has 1 aromatic carbocycles. The molecule has 1 N–H and O–H groups in total. The minimum atomic E-state index is 0.255. The number of nitrogens with zero attached hydrogens (tertiary/aromatic N) is 3. The van der Waals surface area contributed by atoms with Gasteiger partial charge in [0, 0.05) is 38.6 Å². The Labute approximate surface area is 190 Å². The summed E-state index contributed by atoms with van der Waals surface area (Å²) in [5, 5.41) is 3.53. The van der Waals surface area contributed by atoms with E-state index in [-0.39, 0.29) is 6.10 Å². The van der Waals surface area contributed by atoms with Crippen LogP contribution in [-0.4, -0.2) is 35.8 Å².